The lowest BCUT2D eigenvalue weighted by Crippen LogP contribution is -2.25. The van der Waals surface area contributed by atoms with E-state index in [2.05, 4.69) is 10.6 Å². The number of para-hydroxylation sites is 1. The Morgan fingerprint density at radius 2 is 2.18 bits per heavy atom. The zero-order valence-electron chi connectivity index (χ0n) is 9.98. The second-order valence-corrected chi connectivity index (χ2v) is 3.80. The van der Waals surface area contributed by atoms with E-state index in [1.165, 1.54) is 0 Å². The highest BCUT2D eigenvalue weighted by atomic mass is 32.1. The van der Waals surface area contributed by atoms with Crippen molar-refractivity contribution in [3.05, 3.63) is 18.2 Å². The van der Waals surface area contributed by atoms with Gasteiger partial charge in [-0.3, -0.25) is 4.79 Å². The van der Waals surface area contributed by atoms with Crippen LogP contribution in [0.4, 0.5) is 11.4 Å². The number of amides is 1. The molecule has 5 nitrogen and oxygen atoms in total. The first-order chi connectivity index (χ1) is 8.10. The van der Waals surface area contributed by atoms with Crippen LogP contribution in [-0.2, 0) is 4.79 Å². The summed E-state index contributed by atoms with van der Waals surface area (Å²) in [7, 11) is 5.34. The molecular formula is C11H15N3O2S. The standard InChI is InChI=1S/C11H15N3O2S/c1-12-8-5-4-6-9(10(8)13-7-15)16-11(17)14(2)3/h4-7,12H,1-3H3,(H,13,15). The quantitative estimate of drug-likeness (QED) is 0.629. The van der Waals surface area contributed by atoms with E-state index in [1.54, 1.807) is 32.1 Å². The normalized spacial score (nSPS) is 9.35. The summed E-state index contributed by atoms with van der Waals surface area (Å²) in [5.74, 6) is 0.502. The van der Waals surface area contributed by atoms with Gasteiger partial charge in [0.25, 0.3) is 5.17 Å². The number of nitrogens with one attached hydrogen (secondary N) is 2. The minimum atomic E-state index is 0.326. The third-order valence-electron chi connectivity index (χ3n) is 2.06. The summed E-state index contributed by atoms with van der Waals surface area (Å²) in [6.45, 7) is 0. The van der Waals surface area contributed by atoms with Crippen molar-refractivity contribution in [1.29, 1.82) is 0 Å². The van der Waals surface area contributed by atoms with E-state index in [4.69, 9.17) is 17.0 Å². The van der Waals surface area contributed by atoms with E-state index in [0.717, 1.165) is 5.69 Å². The van der Waals surface area contributed by atoms with Crippen LogP contribution in [-0.4, -0.2) is 37.6 Å². The van der Waals surface area contributed by atoms with Crippen molar-refractivity contribution in [3.8, 4) is 5.75 Å². The van der Waals surface area contributed by atoms with Gasteiger partial charge in [-0.2, -0.15) is 0 Å². The van der Waals surface area contributed by atoms with Crippen molar-refractivity contribution in [3.63, 3.8) is 0 Å². The second kappa shape index (κ2) is 6.05. The van der Waals surface area contributed by atoms with Crippen LogP contribution in [0.1, 0.15) is 0 Å². The summed E-state index contributed by atoms with van der Waals surface area (Å²) in [5, 5.41) is 5.88. The number of carbonyl (C=O) groups is 1. The summed E-state index contributed by atoms with van der Waals surface area (Å²) in [4.78, 5) is 12.2. The highest BCUT2D eigenvalue weighted by molar-refractivity contribution is 7.80. The largest absolute Gasteiger partial charge is 0.429 e. The summed E-state index contributed by atoms with van der Waals surface area (Å²) in [5.41, 5.74) is 1.32. The van der Waals surface area contributed by atoms with Gasteiger partial charge < -0.3 is 20.3 Å². The number of rotatable bonds is 4. The summed E-state index contributed by atoms with van der Waals surface area (Å²) in [6.07, 6.45) is 0.599. The molecule has 1 aromatic rings. The smallest absolute Gasteiger partial charge is 0.264 e. The fourth-order valence-corrected chi connectivity index (χ4v) is 1.31. The Bertz CT molecular complexity index is 421. The molecule has 0 unspecified atom stereocenters. The Balaban J connectivity index is 3.05. The molecule has 0 aliphatic heterocycles. The maximum atomic E-state index is 10.6. The number of hydrogen-bond donors (Lipinski definition) is 2. The summed E-state index contributed by atoms with van der Waals surface area (Å²) in [6, 6.07) is 5.38. The van der Waals surface area contributed by atoms with Crippen molar-refractivity contribution >= 4 is 35.2 Å². The highest BCUT2D eigenvalue weighted by Crippen LogP contribution is 2.32. The molecule has 1 rings (SSSR count). The van der Waals surface area contributed by atoms with Crippen LogP contribution < -0.4 is 15.4 Å². The van der Waals surface area contributed by atoms with Crippen LogP contribution in [0.15, 0.2) is 18.2 Å². The van der Waals surface area contributed by atoms with Gasteiger partial charge in [0, 0.05) is 21.1 Å². The maximum absolute atomic E-state index is 10.6. The second-order valence-electron chi connectivity index (χ2n) is 3.45. The fraction of sp³-hybridized carbons (Fsp3) is 0.273. The lowest BCUT2D eigenvalue weighted by atomic mass is 10.2. The molecule has 0 saturated heterocycles. The molecule has 0 heterocycles. The Hall–Kier alpha value is -1.82. The maximum Gasteiger partial charge on any atom is 0.264 e. The van der Waals surface area contributed by atoms with Gasteiger partial charge in [-0.15, -0.1) is 0 Å². The predicted octanol–water partition coefficient (Wildman–Crippen LogP) is 1.52. The summed E-state index contributed by atoms with van der Waals surface area (Å²) >= 11 is 5.05. The molecule has 0 atom stereocenters. The first-order valence-electron chi connectivity index (χ1n) is 5.00. The van der Waals surface area contributed by atoms with Crippen molar-refractivity contribution in [2.24, 2.45) is 0 Å². The Morgan fingerprint density at radius 1 is 1.47 bits per heavy atom. The monoisotopic (exact) mass is 253 g/mol. The molecule has 1 aromatic carbocycles. The zero-order chi connectivity index (χ0) is 12.8. The first-order valence-corrected chi connectivity index (χ1v) is 5.41. The van der Waals surface area contributed by atoms with Crippen LogP contribution in [0.2, 0.25) is 0 Å². The van der Waals surface area contributed by atoms with Gasteiger partial charge in [0.15, 0.2) is 5.75 Å². The topological polar surface area (TPSA) is 53.6 Å². The number of thiocarbonyl (C=S) groups is 1. The van der Waals surface area contributed by atoms with Crippen molar-refractivity contribution in [2.45, 2.75) is 0 Å². The molecule has 0 saturated carbocycles. The molecule has 0 aliphatic carbocycles. The Labute approximate surface area is 106 Å². The van der Waals surface area contributed by atoms with Gasteiger partial charge in [-0.1, -0.05) is 6.07 Å². The van der Waals surface area contributed by atoms with Crippen LogP contribution in [0.3, 0.4) is 0 Å². The van der Waals surface area contributed by atoms with Gasteiger partial charge in [-0.25, -0.2) is 0 Å². The van der Waals surface area contributed by atoms with Crippen molar-refractivity contribution in [1.82, 2.24) is 4.90 Å². The van der Waals surface area contributed by atoms with Crippen LogP contribution in [0.5, 0.6) is 5.75 Å². The van der Waals surface area contributed by atoms with Gasteiger partial charge >= 0.3 is 0 Å². The molecule has 6 heteroatoms. The van der Waals surface area contributed by atoms with Crippen LogP contribution >= 0.6 is 12.2 Å². The molecule has 0 aliphatic rings. The number of carbonyl (C=O) groups excluding carboxylic acids is 1. The van der Waals surface area contributed by atoms with E-state index in [0.29, 0.717) is 23.0 Å². The lowest BCUT2D eigenvalue weighted by molar-refractivity contribution is -0.105. The molecule has 0 aromatic heterocycles. The zero-order valence-corrected chi connectivity index (χ0v) is 10.8. The summed E-state index contributed by atoms with van der Waals surface area (Å²) < 4.78 is 5.50. The van der Waals surface area contributed by atoms with Crippen molar-refractivity contribution < 1.29 is 9.53 Å². The Morgan fingerprint density at radius 3 is 2.71 bits per heavy atom. The van der Waals surface area contributed by atoms with Gasteiger partial charge in [-0.05, 0) is 24.4 Å². The van der Waals surface area contributed by atoms with Crippen molar-refractivity contribution in [2.75, 3.05) is 31.8 Å². The molecule has 0 radical (unpaired) electrons. The van der Waals surface area contributed by atoms with Gasteiger partial charge in [0.05, 0.1) is 5.69 Å². The molecule has 92 valence electrons. The molecule has 2 N–H and O–H groups in total. The minimum Gasteiger partial charge on any atom is -0.429 e. The molecule has 0 bridgehead atoms. The van der Waals surface area contributed by atoms with Gasteiger partial charge in [0.1, 0.15) is 5.69 Å². The molecule has 17 heavy (non-hydrogen) atoms. The molecule has 0 fully saturated rings. The molecule has 1 amide bonds. The minimum absolute atomic E-state index is 0.326. The van der Waals surface area contributed by atoms with Gasteiger partial charge in [0.2, 0.25) is 6.41 Å². The average molecular weight is 253 g/mol. The van der Waals surface area contributed by atoms with E-state index in [9.17, 15) is 4.79 Å². The Kier molecular flexibility index (Phi) is 4.71. The number of hydrogen-bond acceptors (Lipinski definition) is 4. The predicted molar refractivity (Wildman–Crippen MR) is 72.6 cm³/mol. The van der Waals surface area contributed by atoms with Crippen LogP contribution in [0, 0.1) is 0 Å². The van der Waals surface area contributed by atoms with E-state index < -0.39 is 0 Å². The van der Waals surface area contributed by atoms with E-state index in [1.807, 2.05) is 12.1 Å². The van der Waals surface area contributed by atoms with E-state index >= 15 is 0 Å². The number of benzene rings is 1. The third-order valence-corrected chi connectivity index (χ3v) is 2.51. The highest BCUT2D eigenvalue weighted by Gasteiger charge is 2.11. The number of ether oxygens (including phenoxy) is 1. The van der Waals surface area contributed by atoms with E-state index in [-0.39, 0.29) is 0 Å². The number of nitrogens with zero attached hydrogens (tertiary/aromatic N) is 1. The average Bonchev–Trinajstić information content (AvgIpc) is 2.31. The number of anilines is 2. The molecule has 0 spiro atoms. The van der Waals surface area contributed by atoms with Crippen LogP contribution in [0.25, 0.3) is 0 Å². The first kappa shape index (κ1) is 13.2. The third kappa shape index (κ3) is 3.32. The lowest BCUT2D eigenvalue weighted by Gasteiger charge is -2.17. The SMILES string of the molecule is CNc1cccc(OC(=S)N(C)C)c1NC=O. The fourth-order valence-electron chi connectivity index (χ4n) is 1.22. The molecular weight excluding hydrogens is 238 g/mol.